The van der Waals surface area contributed by atoms with Crippen molar-refractivity contribution in [3.05, 3.63) is 16.4 Å². The lowest BCUT2D eigenvalue weighted by molar-refractivity contribution is -0.136. The number of aromatic nitrogens is 2. The van der Waals surface area contributed by atoms with Gasteiger partial charge in [-0.3, -0.25) is 4.79 Å². The molecule has 0 saturated heterocycles. The number of aliphatic hydroxyl groups is 1. The number of carbonyl (C=O) groups excluding carboxylic acids is 1. The lowest BCUT2D eigenvalue weighted by Gasteiger charge is -2.25. The molecule has 6 nitrogen and oxygen atoms in total. The molecule has 1 aromatic heterocycles. The molecule has 0 aliphatic carbocycles. The molecule has 0 radical (unpaired) electrons. The third-order valence-electron chi connectivity index (χ3n) is 3.22. The smallest absolute Gasteiger partial charge is 0.256 e. The molecule has 0 saturated carbocycles. The Hall–Kier alpha value is -1.28. The van der Waals surface area contributed by atoms with Gasteiger partial charge in [0.1, 0.15) is 0 Å². The normalized spacial score (nSPS) is 13.6. The Labute approximate surface area is 138 Å². The third-order valence-corrected chi connectivity index (χ3v) is 4.00. The summed E-state index contributed by atoms with van der Waals surface area (Å²) in [7, 11) is 3.23. The number of anilines is 1. The Balaban J connectivity index is 2.58. The SMILES string of the molecule is CCC(F)C(=O)N(C)CC(O)CN(C)c1ncc(Br)c(C)n1. The Kier molecular flexibility index (Phi) is 7.15. The maximum atomic E-state index is 13.3. The zero-order chi connectivity index (χ0) is 16.9. The number of carbonyl (C=O) groups is 1. The van der Waals surface area contributed by atoms with Crippen molar-refractivity contribution in [3.8, 4) is 0 Å². The van der Waals surface area contributed by atoms with Gasteiger partial charge in [-0.15, -0.1) is 0 Å². The minimum Gasteiger partial charge on any atom is -0.389 e. The largest absolute Gasteiger partial charge is 0.389 e. The van der Waals surface area contributed by atoms with Crippen LogP contribution in [0.25, 0.3) is 0 Å². The summed E-state index contributed by atoms with van der Waals surface area (Å²) in [4.78, 5) is 23.0. The fourth-order valence-corrected chi connectivity index (χ4v) is 2.09. The number of halogens is 2. The first kappa shape index (κ1) is 18.8. The Morgan fingerprint density at radius 3 is 2.64 bits per heavy atom. The summed E-state index contributed by atoms with van der Waals surface area (Å²) in [6.45, 7) is 3.74. The summed E-state index contributed by atoms with van der Waals surface area (Å²) in [6, 6.07) is 0. The topological polar surface area (TPSA) is 69.6 Å². The van der Waals surface area contributed by atoms with Gasteiger partial charge in [0.05, 0.1) is 16.3 Å². The van der Waals surface area contributed by atoms with Crippen LogP contribution in [0.2, 0.25) is 0 Å². The predicted molar refractivity (Wildman–Crippen MR) is 86.6 cm³/mol. The zero-order valence-corrected chi connectivity index (χ0v) is 14.8. The van der Waals surface area contributed by atoms with Crippen LogP contribution in [-0.2, 0) is 4.79 Å². The molecule has 1 amide bonds. The van der Waals surface area contributed by atoms with Crippen molar-refractivity contribution in [2.75, 3.05) is 32.1 Å². The van der Waals surface area contributed by atoms with Gasteiger partial charge in [0, 0.05) is 33.4 Å². The third kappa shape index (κ3) is 5.17. The number of alkyl halides is 1. The van der Waals surface area contributed by atoms with E-state index < -0.39 is 18.2 Å². The van der Waals surface area contributed by atoms with Gasteiger partial charge in [-0.1, -0.05) is 6.92 Å². The van der Waals surface area contributed by atoms with Crippen LogP contribution in [-0.4, -0.2) is 65.3 Å². The van der Waals surface area contributed by atoms with E-state index in [-0.39, 0.29) is 19.5 Å². The molecule has 0 fully saturated rings. The highest BCUT2D eigenvalue weighted by atomic mass is 79.9. The van der Waals surface area contributed by atoms with E-state index in [0.717, 1.165) is 10.2 Å². The molecule has 124 valence electrons. The summed E-state index contributed by atoms with van der Waals surface area (Å²) >= 11 is 3.33. The van der Waals surface area contributed by atoms with Crippen LogP contribution in [0.1, 0.15) is 19.0 Å². The van der Waals surface area contributed by atoms with Gasteiger partial charge < -0.3 is 14.9 Å². The first-order valence-corrected chi connectivity index (χ1v) is 7.82. The van der Waals surface area contributed by atoms with E-state index in [4.69, 9.17) is 0 Å². The average molecular weight is 377 g/mol. The minimum atomic E-state index is -1.52. The fourth-order valence-electron chi connectivity index (χ4n) is 1.90. The summed E-state index contributed by atoms with van der Waals surface area (Å²) in [5.41, 5.74) is 0.793. The van der Waals surface area contributed by atoms with Gasteiger partial charge in [0.25, 0.3) is 5.91 Å². The summed E-state index contributed by atoms with van der Waals surface area (Å²) < 4.78 is 14.1. The Morgan fingerprint density at radius 2 is 2.09 bits per heavy atom. The molecule has 2 unspecified atom stereocenters. The number of hydrogen-bond donors (Lipinski definition) is 1. The van der Waals surface area contributed by atoms with Crippen molar-refractivity contribution in [1.29, 1.82) is 0 Å². The maximum absolute atomic E-state index is 13.3. The van der Waals surface area contributed by atoms with Gasteiger partial charge in [-0.25, -0.2) is 14.4 Å². The molecule has 0 spiro atoms. The highest BCUT2D eigenvalue weighted by Crippen LogP contribution is 2.15. The van der Waals surface area contributed by atoms with E-state index in [9.17, 15) is 14.3 Å². The predicted octanol–water partition coefficient (Wildman–Crippen LogP) is 1.55. The monoisotopic (exact) mass is 376 g/mol. The van der Waals surface area contributed by atoms with Crippen LogP contribution in [0.15, 0.2) is 10.7 Å². The number of amides is 1. The highest BCUT2D eigenvalue weighted by Gasteiger charge is 2.22. The van der Waals surface area contributed by atoms with E-state index >= 15 is 0 Å². The van der Waals surface area contributed by atoms with Crippen molar-refractivity contribution in [2.24, 2.45) is 0 Å². The fraction of sp³-hybridized carbons (Fsp3) is 0.643. The lowest BCUT2D eigenvalue weighted by atomic mass is 10.2. The lowest BCUT2D eigenvalue weighted by Crippen LogP contribution is -2.43. The standard InChI is InChI=1S/C14H22BrFN4O2/c1-5-12(16)13(22)19(3)7-10(21)8-20(4)14-17-6-11(15)9(2)18-14/h6,10,12,21H,5,7-8H2,1-4H3. The average Bonchev–Trinajstić information content (AvgIpc) is 2.47. The van der Waals surface area contributed by atoms with Crippen LogP contribution < -0.4 is 4.90 Å². The van der Waals surface area contributed by atoms with Gasteiger partial charge in [-0.2, -0.15) is 0 Å². The Bertz CT molecular complexity index is 518. The van der Waals surface area contributed by atoms with Crippen LogP contribution >= 0.6 is 15.9 Å². The van der Waals surface area contributed by atoms with E-state index in [1.165, 1.54) is 11.9 Å². The summed E-state index contributed by atoms with van der Waals surface area (Å²) in [5.74, 6) is -0.134. The minimum absolute atomic E-state index is 0.0547. The van der Waals surface area contributed by atoms with Crippen LogP contribution in [0.4, 0.5) is 10.3 Å². The van der Waals surface area contributed by atoms with Crippen molar-refractivity contribution >= 4 is 27.8 Å². The number of nitrogens with zero attached hydrogens (tertiary/aromatic N) is 4. The first-order chi connectivity index (χ1) is 10.3. The first-order valence-electron chi connectivity index (χ1n) is 7.03. The number of hydrogen-bond acceptors (Lipinski definition) is 5. The molecule has 1 aromatic rings. The van der Waals surface area contributed by atoms with Crippen molar-refractivity contribution in [3.63, 3.8) is 0 Å². The second kappa shape index (κ2) is 8.38. The molecule has 22 heavy (non-hydrogen) atoms. The van der Waals surface area contributed by atoms with E-state index in [2.05, 4.69) is 25.9 Å². The number of aryl methyl sites for hydroxylation is 1. The van der Waals surface area contributed by atoms with Gasteiger partial charge in [0.15, 0.2) is 6.17 Å². The molecular formula is C14H22BrFN4O2. The molecule has 8 heteroatoms. The second-order valence-electron chi connectivity index (χ2n) is 5.23. The van der Waals surface area contributed by atoms with Crippen molar-refractivity contribution in [2.45, 2.75) is 32.5 Å². The molecule has 1 N–H and O–H groups in total. The number of aliphatic hydroxyl groups excluding tert-OH is 1. The summed E-state index contributed by atoms with van der Waals surface area (Å²) in [6.07, 6.45) is -0.570. The van der Waals surface area contributed by atoms with Crippen molar-refractivity contribution in [1.82, 2.24) is 14.9 Å². The summed E-state index contributed by atoms with van der Waals surface area (Å²) in [5, 5.41) is 10.1. The second-order valence-corrected chi connectivity index (χ2v) is 6.09. The number of likely N-dealkylation sites (N-methyl/N-ethyl adjacent to an activating group) is 2. The molecule has 0 aromatic carbocycles. The van der Waals surface area contributed by atoms with Crippen LogP contribution in [0.5, 0.6) is 0 Å². The molecule has 1 heterocycles. The van der Waals surface area contributed by atoms with Gasteiger partial charge >= 0.3 is 0 Å². The molecule has 0 aliphatic rings. The quantitative estimate of drug-likeness (QED) is 0.781. The highest BCUT2D eigenvalue weighted by molar-refractivity contribution is 9.10. The van der Waals surface area contributed by atoms with E-state index in [1.54, 1.807) is 25.1 Å². The molecular weight excluding hydrogens is 355 g/mol. The van der Waals surface area contributed by atoms with E-state index in [0.29, 0.717) is 5.95 Å². The zero-order valence-electron chi connectivity index (χ0n) is 13.3. The van der Waals surface area contributed by atoms with Crippen LogP contribution in [0, 0.1) is 6.92 Å². The van der Waals surface area contributed by atoms with Gasteiger partial charge in [-0.05, 0) is 29.3 Å². The van der Waals surface area contributed by atoms with Gasteiger partial charge in [0.2, 0.25) is 5.95 Å². The number of rotatable bonds is 7. The maximum Gasteiger partial charge on any atom is 0.256 e. The molecule has 2 atom stereocenters. The molecule has 0 bridgehead atoms. The van der Waals surface area contributed by atoms with E-state index in [1.807, 2.05) is 6.92 Å². The van der Waals surface area contributed by atoms with Crippen LogP contribution in [0.3, 0.4) is 0 Å². The molecule has 0 aliphatic heterocycles. The Morgan fingerprint density at radius 1 is 1.45 bits per heavy atom. The molecule has 1 rings (SSSR count). The van der Waals surface area contributed by atoms with Crippen molar-refractivity contribution < 1.29 is 14.3 Å².